The maximum Gasteiger partial charge on any atom is 0.270 e. The molecule has 0 aliphatic heterocycles. The van der Waals surface area contributed by atoms with Crippen LogP contribution in [-0.4, -0.2) is 31.5 Å². The number of benzene rings is 1. The third-order valence-electron chi connectivity index (χ3n) is 2.16. The summed E-state index contributed by atoms with van der Waals surface area (Å²) in [4.78, 5) is 10.3. The summed E-state index contributed by atoms with van der Waals surface area (Å²) in [6, 6.07) is 4.63. The highest BCUT2D eigenvalue weighted by atomic mass is 32.2. The van der Waals surface area contributed by atoms with Gasteiger partial charge in [0.1, 0.15) is 5.75 Å². The Kier molecular flexibility index (Phi) is 5.79. The fourth-order valence-electron chi connectivity index (χ4n) is 1.32. The van der Waals surface area contributed by atoms with Crippen LogP contribution in [0.25, 0.3) is 0 Å². The Morgan fingerprint density at radius 1 is 1.41 bits per heavy atom. The van der Waals surface area contributed by atoms with Gasteiger partial charge in [0.25, 0.3) is 5.69 Å². The lowest BCUT2D eigenvalue weighted by atomic mass is 10.2. The molecular weight excluding hydrogens is 242 g/mol. The van der Waals surface area contributed by atoms with Crippen molar-refractivity contribution in [2.24, 2.45) is 0 Å². The van der Waals surface area contributed by atoms with Gasteiger partial charge >= 0.3 is 0 Å². The van der Waals surface area contributed by atoms with Crippen LogP contribution in [0.2, 0.25) is 0 Å². The lowest BCUT2D eigenvalue weighted by Gasteiger charge is -2.07. The highest BCUT2D eigenvalue weighted by molar-refractivity contribution is 7.98. The van der Waals surface area contributed by atoms with Gasteiger partial charge in [-0.05, 0) is 6.07 Å². The molecule has 6 heteroatoms. The maximum atomic E-state index is 10.7. The Morgan fingerprint density at radius 2 is 2.18 bits per heavy atom. The molecule has 0 saturated carbocycles. The molecule has 1 rings (SSSR count). The molecule has 0 bridgehead atoms. The molecule has 0 atom stereocenters. The Labute approximate surface area is 104 Å². The maximum absolute atomic E-state index is 10.7. The van der Waals surface area contributed by atoms with Gasteiger partial charge in [-0.25, -0.2) is 0 Å². The first kappa shape index (κ1) is 13.8. The summed E-state index contributed by atoms with van der Waals surface area (Å²) < 4.78 is 10.1. The van der Waals surface area contributed by atoms with Crippen LogP contribution in [0.1, 0.15) is 5.56 Å². The van der Waals surface area contributed by atoms with Crippen LogP contribution in [0.5, 0.6) is 5.75 Å². The van der Waals surface area contributed by atoms with Gasteiger partial charge in [-0.1, -0.05) is 0 Å². The van der Waals surface area contributed by atoms with Crippen LogP contribution in [0, 0.1) is 10.1 Å². The van der Waals surface area contributed by atoms with Crippen molar-refractivity contribution in [3.63, 3.8) is 0 Å². The van der Waals surface area contributed by atoms with Gasteiger partial charge in [-0.2, -0.15) is 11.8 Å². The van der Waals surface area contributed by atoms with E-state index in [2.05, 4.69) is 0 Å². The highest BCUT2D eigenvalue weighted by Crippen LogP contribution is 2.27. The molecule has 0 heterocycles. The molecule has 1 aromatic carbocycles. The number of ether oxygens (including phenoxy) is 2. The van der Waals surface area contributed by atoms with E-state index >= 15 is 0 Å². The van der Waals surface area contributed by atoms with Crippen LogP contribution in [-0.2, 0) is 10.5 Å². The van der Waals surface area contributed by atoms with Crippen molar-refractivity contribution >= 4 is 17.4 Å². The Balaban J connectivity index is 2.72. The van der Waals surface area contributed by atoms with Gasteiger partial charge in [0, 0.05) is 36.3 Å². The molecule has 0 amide bonds. The Hall–Kier alpha value is -1.27. The Morgan fingerprint density at radius 3 is 2.76 bits per heavy atom. The largest absolute Gasteiger partial charge is 0.496 e. The fourth-order valence-corrected chi connectivity index (χ4v) is 2.19. The zero-order valence-electron chi connectivity index (χ0n) is 9.84. The molecule has 0 unspecified atom stereocenters. The molecule has 1 aromatic rings. The van der Waals surface area contributed by atoms with E-state index in [-0.39, 0.29) is 5.69 Å². The van der Waals surface area contributed by atoms with Crippen molar-refractivity contribution in [1.82, 2.24) is 0 Å². The number of nitrogens with zero attached hydrogens (tertiary/aromatic N) is 1. The third kappa shape index (κ3) is 4.24. The second-order valence-electron chi connectivity index (χ2n) is 3.30. The zero-order valence-corrected chi connectivity index (χ0v) is 10.7. The summed E-state index contributed by atoms with van der Waals surface area (Å²) in [6.45, 7) is 0.669. The van der Waals surface area contributed by atoms with E-state index < -0.39 is 4.92 Å². The SMILES string of the molecule is COCCSCc1cc([N+](=O)[O-])ccc1OC. The van der Waals surface area contributed by atoms with Gasteiger partial charge in [-0.15, -0.1) is 0 Å². The van der Waals surface area contributed by atoms with Crippen molar-refractivity contribution < 1.29 is 14.4 Å². The first-order chi connectivity index (χ1) is 8.19. The minimum atomic E-state index is -0.400. The van der Waals surface area contributed by atoms with Crippen molar-refractivity contribution in [3.8, 4) is 5.75 Å². The van der Waals surface area contributed by atoms with Crippen molar-refractivity contribution in [2.45, 2.75) is 5.75 Å². The monoisotopic (exact) mass is 257 g/mol. The predicted octanol–water partition coefficient (Wildman–Crippen LogP) is 2.48. The standard InChI is InChI=1S/C11H15NO4S/c1-15-5-6-17-8-9-7-10(12(13)14)3-4-11(9)16-2/h3-4,7H,5-6,8H2,1-2H3. The normalized spacial score (nSPS) is 10.2. The van der Waals surface area contributed by atoms with E-state index in [0.29, 0.717) is 18.1 Å². The van der Waals surface area contributed by atoms with E-state index in [1.807, 2.05) is 0 Å². The predicted molar refractivity (Wildman–Crippen MR) is 67.7 cm³/mol. The highest BCUT2D eigenvalue weighted by Gasteiger charge is 2.11. The summed E-state index contributed by atoms with van der Waals surface area (Å²) in [7, 11) is 3.21. The minimum Gasteiger partial charge on any atom is -0.496 e. The van der Waals surface area contributed by atoms with Crippen LogP contribution >= 0.6 is 11.8 Å². The number of methoxy groups -OCH3 is 2. The molecule has 17 heavy (non-hydrogen) atoms. The second kappa shape index (κ2) is 7.13. The van der Waals surface area contributed by atoms with Crippen LogP contribution in [0.4, 0.5) is 5.69 Å². The van der Waals surface area contributed by atoms with E-state index in [0.717, 1.165) is 11.3 Å². The lowest BCUT2D eigenvalue weighted by Crippen LogP contribution is -1.96. The second-order valence-corrected chi connectivity index (χ2v) is 4.40. The molecule has 0 spiro atoms. The summed E-state index contributed by atoms with van der Waals surface area (Å²) >= 11 is 1.65. The first-order valence-corrected chi connectivity index (χ1v) is 6.22. The van der Waals surface area contributed by atoms with Gasteiger partial charge in [0.05, 0.1) is 18.6 Å². The van der Waals surface area contributed by atoms with Gasteiger partial charge in [-0.3, -0.25) is 10.1 Å². The summed E-state index contributed by atoms with van der Waals surface area (Å²) in [6.07, 6.45) is 0. The van der Waals surface area contributed by atoms with Crippen molar-refractivity contribution in [1.29, 1.82) is 0 Å². The minimum absolute atomic E-state index is 0.0909. The summed E-state index contributed by atoms with van der Waals surface area (Å²) in [5, 5.41) is 10.7. The molecular formula is C11H15NO4S. The van der Waals surface area contributed by atoms with Crippen LogP contribution in [0.15, 0.2) is 18.2 Å². The zero-order chi connectivity index (χ0) is 12.7. The van der Waals surface area contributed by atoms with Gasteiger partial charge < -0.3 is 9.47 Å². The molecule has 0 aromatic heterocycles. The molecule has 94 valence electrons. The summed E-state index contributed by atoms with van der Waals surface area (Å²) in [5.74, 6) is 2.21. The Bertz CT molecular complexity index is 384. The molecule has 0 aliphatic rings. The quantitative estimate of drug-likeness (QED) is 0.426. The molecule has 5 nitrogen and oxygen atoms in total. The molecule has 0 fully saturated rings. The van der Waals surface area contributed by atoms with Crippen molar-refractivity contribution in [2.75, 3.05) is 26.6 Å². The lowest BCUT2D eigenvalue weighted by molar-refractivity contribution is -0.384. The first-order valence-electron chi connectivity index (χ1n) is 5.07. The van der Waals surface area contributed by atoms with E-state index in [4.69, 9.17) is 9.47 Å². The van der Waals surface area contributed by atoms with Crippen molar-refractivity contribution in [3.05, 3.63) is 33.9 Å². The fraction of sp³-hybridized carbons (Fsp3) is 0.455. The number of nitro benzene ring substituents is 1. The van der Waals surface area contributed by atoms with E-state index in [1.54, 1.807) is 38.1 Å². The number of thioether (sulfide) groups is 1. The average Bonchev–Trinajstić information content (AvgIpc) is 2.34. The average molecular weight is 257 g/mol. The molecule has 0 radical (unpaired) electrons. The number of hydrogen-bond acceptors (Lipinski definition) is 5. The van der Waals surface area contributed by atoms with Crippen LogP contribution < -0.4 is 4.74 Å². The van der Waals surface area contributed by atoms with Gasteiger partial charge in [0.2, 0.25) is 0 Å². The van der Waals surface area contributed by atoms with Gasteiger partial charge in [0.15, 0.2) is 0 Å². The summed E-state index contributed by atoms with van der Waals surface area (Å²) in [5.41, 5.74) is 0.927. The van der Waals surface area contributed by atoms with E-state index in [1.165, 1.54) is 6.07 Å². The molecule has 0 saturated heterocycles. The molecule has 0 aliphatic carbocycles. The topological polar surface area (TPSA) is 61.6 Å². The number of nitro groups is 1. The van der Waals surface area contributed by atoms with Crippen LogP contribution in [0.3, 0.4) is 0 Å². The van der Waals surface area contributed by atoms with E-state index in [9.17, 15) is 10.1 Å². The number of hydrogen-bond donors (Lipinski definition) is 0. The number of rotatable bonds is 7. The molecule has 0 N–H and O–H groups in total. The third-order valence-corrected chi connectivity index (χ3v) is 3.13. The smallest absolute Gasteiger partial charge is 0.270 e. The number of non-ortho nitro benzene ring substituents is 1.